The molecule has 0 saturated heterocycles. The molecule has 0 spiro atoms. The van der Waals surface area contributed by atoms with Gasteiger partial charge in [-0.3, -0.25) is 0 Å². The Bertz CT molecular complexity index is 623. The van der Waals surface area contributed by atoms with Gasteiger partial charge in [-0.05, 0) is 12.1 Å². The predicted molar refractivity (Wildman–Crippen MR) is 72.2 cm³/mol. The molecule has 0 fully saturated rings. The molecule has 0 aliphatic rings. The monoisotopic (exact) mass is 302 g/mol. The van der Waals surface area contributed by atoms with Crippen molar-refractivity contribution in [3.63, 3.8) is 0 Å². The Kier molecular flexibility index (Phi) is 4.24. The fourth-order valence-corrected chi connectivity index (χ4v) is 1.75. The quantitative estimate of drug-likeness (QED) is 0.823. The number of para-hydroxylation sites is 1. The van der Waals surface area contributed by atoms with Crippen LogP contribution in [0.2, 0.25) is 5.02 Å². The average molecular weight is 303 g/mol. The molecule has 0 heterocycles. The maximum Gasteiger partial charge on any atom is 0.387 e. The van der Waals surface area contributed by atoms with Gasteiger partial charge >= 0.3 is 6.61 Å². The third kappa shape index (κ3) is 3.27. The fraction of sp³-hybridized carbons (Fsp3) is 0.0769. The predicted octanol–water partition coefficient (Wildman–Crippen LogP) is 4.41. The first-order valence-corrected chi connectivity index (χ1v) is 5.90. The van der Waals surface area contributed by atoms with Crippen LogP contribution in [-0.2, 0) is 0 Å². The summed E-state index contributed by atoms with van der Waals surface area (Å²) >= 11 is 5.95. The Hall–Kier alpha value is -2.08. The summed E-state index contributed by atoms with van der Waals surface area (Å²) in [6, 6.07) is 8.72. The first kappa shape index (κ1) is 14.3. The summed E-state index contributed by atoms with van der Waals surface area (Å²) in [6.45, 7) is -3.12. The van der Waals surface area contributed by atoms with Crippen LogP contribution in [0.1, 0.15) is 0 Å². The molecule has 0 atom stereocenters. The zero-order chi connectivity index (χ0) is 14.7. The number of nitrogens with two attached hydrogens (primary N) is 1. The second-order valence-corrected chi connectivity index (χ2v) is 4.26. The summed E-state index contributed by atoms with van der Waals surface area (Å²) in [4.78, 5) is 0. The van der Waals surface area contributed by atoms with Crippen molar-refractivity contribution in [3.8, 4) is 5.75 Å². The van der Waals surface area contributed by atoms with E-state index in [4.69, 9.17) is 17.3 Å². The molecule has 0 radical (unpaired) electrons. The molecule has 0 aromatic heterocycles. The number of nitrogen functional groups attached to an aromatic ring is 1. The molecule has 2 aromatic rings. The van der Waals surface area contributed by atoms with Crippen LogP contribution in [0.3, 0.4) is 0 Å². The van der Waals surface area contributed by atoms with Gasteiger partial charge in [-0.1, -0.05) is 23.7 Å². The van der Waals surface area contributed by atoms with E-state index in [1.807, 2.05) is 0 Å². The number of ether oxygens (including phenoxy) is 1. The van der Waals surface area contributed by atoms with E-state index in [0.717, 1.165) is 12.1 Å². The minimum Gasteiger partial charge on any atom is -0.432 e. The summed E-state index contributed by atoms with van der Waals surface area (Å²) in [5, 5.41) is 3.24. The molecule has 0 aliphatic heterocycles. The van der Waals surface area contributed by atoms with Crippen LogP contribution in [-0.4, -0.2) is 6.61 Å². The summed E-state index contributed by atoms with van der Waals surface area (Å²) in [5.74, 6) is -1.56. The van der Waals surface area contributed by atoms with Gasteiger partial charge < -0.3 is 15.8 Å². The van der Waals surface area contributed by atoms with Crippen molar-refractivity contribution in [1.29, 1.82) is 0 Å². The number of benzene rings is 2. The zero-order valence-corrected chi connectivity index (χ0v) is 10.8. The lowest BCUT2D eigenvalue weighted by molar-refractivity contribution is -0.0521. The van der Waals surface area contributed by atoms with Gasteiger partial charge in [0, 0.05) is 12.1 Å². The van der Waals surface area contributed by atoms with Crippen molar-refractivity contribution in [1.82, 2.24) is 0 Å². The molecular formula is C13H10ClF3N2O. The second kappa shape index (κ2) is 5.92. The largest absolute Gasteiger partial charge is 0.432 e. The highest BCUT2D eigenvalue weighted by Gasteiger charge is 2.14. The SMILES string of the molecule is Nc1cc(F)c(OC(F)F)cc1Nc1ccccc1Cl. The molecular weight excluding hydrogens is 293 g/mol. The lowest BCUT2D eigenvalue weighted by atomic mass is 10.2. The molecule has 0 bridgehead atoms. The van der Waals surface area contributed by atoms with Crippen LogP contribution in [0, 0.1) is 5.82 Å². The highest BCUT2D eigenvalue weighted by molar-refractivity contribution is 6.33. The Labute approximate surface area is 118 Å². The van der Waals surface area contributed by atoms with Crippen molar-refractivity contribution in [3.05, 3.63) is 47.2 Å². The van der Waals surface area contributed by atoms with E-state index in [1.54, 1.807) is 24.3 Å². The van der Waals surface area contributed by atoms with Gasteiger partial charge in [0.1, 0.15) is 0 Å². The third-order valence-electron chi connectivity index (χ3n) is 2.46. The second-order valence-electron chi connectivity index (χ2n) is 3.85. The van der Waals surface area contributed by atoms with Gasteiger partial charge in [0.05, 0.1) is 22.1 Å². The van der Waals surface area contributed by atoms with Crippen LogP contribution >= 0.6 is 11.6 Å². The average Bonchev–Trinajstić information content (AvgIpc) is 2.37. The number of nitrogens with one attached hydrogen (secondary N) is 1. The first-order chi connectivity index (χ1) is 9.47. The topological polar surface area (TPSA) is 47.3 Å². The fourth-order valence-electron chi connectivity index (χ4n) is 1.57. The molecule has 0 saturated carbocycles. The molecule has 0 aliphatic carbocycles. The maximum absolute atomic E-state index is 13.4. The number of halogens is 4. The molecule has 106 valence electrons. The van der Waals surface area contributed by atoms with Crippen LogP contribution in [0.4, 0.5) is 30.2 Å². The molecule has 20 heavy (non-hydrogen) atoms. The van der Waals surface area contributed by atoms with Crippen LogP contribution in [0.25, 0.3) is 0 Å². The Morgan fingerprint density at radius 1 is 1.15 bits per heavy atom. The molecule has 2 aromatic carbocycles. The Morgan fingerprint density at radius 2 is 1.85 bits per heavy atom. The van der Waals surface area contributed by atoms with Gasteiger partial charge in [-0.25, -0.2) is 4.39 Å². The number of hydrogen-bond donors (Lipinski definition) is 2. The van der Waals surface area contributed by atoms with E-state index in [9.17, 15) is 13.2 Å². The summed E-state index contributed by atoms with van der Waals surface area (Å²) < 4.78 is 41.8. The summed E-state index contributed by atoms with van der Waals surface area (Å²) in [6.07, 6.45) is 0. The zero-order valence-electron chi connectivity index (χ0n) is 10.0. The van der Waals surface area contributed by atoms with Crippen LogP contribution in [0.5, 0.6) is 5.75 Å². The van der Waals surface area contributed by atoms with Crippen LogP contribution < -0.4 is 15.8 Å². The highest BCUT2D eigenvalue weighted by atomic mass is 35.5. The molecule has 7 heteroatoms. The Balaban J connectivity index is 2.34. The standard InChI is InChI=1S/C13H10ClF3N2O/c14-7-3-1-2-4-10(7)19-11-6-12(20-13(16)17)8(15)5-9(11)18/h1-6,13,19H,18H2. The van der Waals surface area contributed by atoms with Crippen LogP contribution in [0.15, 0.2) is 36.4 Å². The summed E-state index contributed by atoms with van der Waals surface area (Å²) in [5.41, 5.74) is 6.40. The van der Waals surface area contributed by atoms with Gasteiger partial charge in [0.25, 0.3) is 0 Å². The minimum absolute atomic E-state index is 0.0454. The van der Waals surface area contributed by atoms with Crippen molar-refractivity contribution in [2.45, 2.75) is 6.61 Å². The van der Waals surface area contributed by atoms with E-state index in [-0.39, 0.29) is 11.4 Å². The number of anilines is 3. The molecule has 2 rings (SSSR count). The number of rotatable bonds is 4. The van der Waals surface area contributed by atoms with Crippen molar-refractivity contribution in [2.75, 3.05) is 11.1 Å². The molecule has 0 unspecified atom stereocenters. The van der Waals surface area contributed by atoms with E-state index in [1.165, 1.54) is 0 Å². The normalized spacial score (nSPS) is 10.7. The number of hydrogen-bond acceptors (Lipinski definition) is 3. The third-order valence-corrected chi connectivity index (χ3v) is 2.79. The lowest BCUT2D eigenvalue weighted by Crippen LogP contribution is -2.06. The summed E-state index contributed by atoms with van der Waals surface area (Å²) in [7, 11) is 0. The molecule has 0 amide bonds. The van der Waals surface area contributed by atoms with E-state index in [0.29, 0.717) is 10.7 Å². The van der Waals surface area contributed by atoms with Crippen molar-refractivity contribution in [2.24, 2.45) is 0 Å². The lowest BCUT2D eigenvalue weighted by Gasteiger charge is -2.13. The van der Waals surface area contributed by atoms with Gasteiger partial charge in [-0.15, -0.1) is 0 Å². The van der Waals surface area contributed by atoms with E-state index >= 15 is 0 Å². The molecule has 3 N–H and O–H groups in total. The van der Waals surface area contributed by atoms with E-state index < -0.39 is 18.2 Å². The Morgan fingerprint density at radius 3 is 2.50 bits per heavy atom. The van der Waals surface area contributed by atoms with Gasteiger partial charge in [0.15, 0.2) is 11.6 Å². The highest BCUT2D eigenvalue weighted by Crippen LogP contribution is 2.33. The van der Waals surface area contributed by atoms with E-state index in [2.05, 4.69) is 10.1 Å². The smallest absolute Gasteiger partial charge is 0.387 e. The van der Waals surface area contributed by atoms with Crippen molar-refractivity contribution < 1.29 is 17.9 Å². The van der Waals surface area contributed by atoms with Gasteiger partial charge in [-0.2, -0.15) is 8.78 Å². The first-order valence-electron chi connectivity index (χ1n) is 5.52. The van der Waals surface area contributed by atoms with Crippen molar-refractivity contribution >= 4 is 28.7 Å². The maximum atomic E-state index is 13.4. The van der Waals surface area contributed by atoms with Gasteiger partial charge in [0.2, 0.25) is 0 Å². The molecule has 3 nitrogen and oxygen atoms in total. The number of alkyl halides is 2. The minimum atomic E-state index is -3.12.